The molecule has 0 saturated carbocycles. The second-order valence-electron chi connectivity index (χ2n) is 2.84. The predicted octanol–water partition coefficient (Wildman–Crippen LogP) is 3.37. The van der Waals surface area contributed by atoms with Gasteiger partial charge in [0.15, 0.2) is 0 Å². The van der Waals surface area contributed by atoms with Crippen LogP contribution >= 0.6 is 15.9 Å². The Morgan fingerprint density at radius 3 is 2.50 bits per heavy atom. The highest BCUT2D eigenvalue weighted by Crippen LogP contribution is 2.16. The lowest BCUT2D eigenvalue weighted by atomic mass is 10.0. The van der Waals surface area contributed by atoms with Crippen LogP contribution in [0.1, 0.15) is 22.4 Å². The zero-order chi connectivity index (χ0) is 9.14. The van der Waals surface area contributed by atoms with Gasteiger partial charge < -0.3 is 0 Å². The fourth-order valence-corrected chi connectivity index (χ4v) is 1.37. The number of hydrogen-bond donors (Lipinski definition) is 0. The summed E-state index contributed by atoms with van der Waals surface area (Å²) in [6.45, 7) is 6.25. The molecule has 0 atom stereocenters. The Hall–Kier alpha value is -0.630. The maximum Gasteiger partial charge on any atom is 0.0404 e. The highest BCUT2D eigenvalue weighted by atomic mass is 79.9. The fourth-order valence-electron chi connectivity index (χ4n) is 1.08. The van der Waals surface area contributed by atoms with Crippen molar-refractivity contribution in [1.82, 2.24) is 4.98 Å². The first kappa shape index (κ1) is 9.46. The molecule has 12 heavy (non-hydrogen) atoms. The molecule has 1 aromatic rings. The minimum absolute atomic E-state index is 1.11. The van der Waals surface area contributed by atoms with E-state index in [0.29, 0.717) is 0 Å². The zero-order valence-electron chi connectivity index (χ0n) is 7.56. The largest absolute Gasteiger partial charge is 0.261 e. The monoisotopic (exact) mass is 225 g/mol. The van der Waals surface area contributed by atoms with Gasteiger partial charge in [0, 0.05) is 11.9 Å². The van der Waals surface area contributed by atoms with Gasteiger partial charge in [-0.25, -0.2) is 0 Å². The number of nitrogens with zero attached hydrogens (tertiary/aromatic N) is 1. The van der Waals surface area contributed by atoms with Gasteiger partial charge >= 0.3 is 0 Å². The molecule has 1 heterocycles. The van der Waals surface area contributed by atoms with Crippen LogP contribution in [0.5, 0.6) is 0 Å². The molecule has 64 valence electrons. The van der Waals surface area contributed by atoms with Crippen molar-refractivity contribution in [2.45, 2.75) is 20.8 Å². The van der Waals surface area contributed by atoms with Crippen LogP contribution in [0.15, 0.2) is 11.2 Å². The first-order valence-electron chi connectivity index (χ1n) is 3.86. The molecule has 0 fully saturated rings. The van der Waals surface area contributed by atoms with Crippen LogP contribution in [0.2, 0.25) is 0 Å². The van der Waals surface area contributed by atoms with Crippen LogP contribution in [0.25, 0.3) is 6.08 Å². The van der Waals surface area contributed by atoms with Crippen molar-refractivity contribution in [3.8, 4) is 0 Å². The number of aromatic nitrogens is 1. The minimum Gasteiger partial charge on any atom is -0.261 e. The molecule has 1 nitrogen and oxygen atoms in total. The molecule has 0 aliphatic heterocycles. The smallest absolute Gasteiger partial charge is 0.0404 e. The summed E-state index contributed by atoms with van der Waals surface area (Å²) in [7, 11) is 0. The Labute approximate surface area is 81.7 Å². The van der Waals surface area contributed by atoms with Gasteiger partial charge in [-0.2, -0.15) is 0 Å². The molecule has 0 N–H and O–H groups in total. The van der Waals surface area contributed by atoms with E-state index in [9.17, 15) is 0 Å². The molecule has 1 rings (SSSR count). The summed E-state index contributed by atoms with van der Waals surface area (Å²) >= 11 is 3.25. The highest BCUT2D eigenvalue weighted by Gasteiger charge is 2.01. The minimum atomic E-state index is 1.11. The van der Waals surface area contributed by atoms with Crippen LogP contribution in [0.4, 0.5) is 0 Å². The van der Waals surface area contributed by atoms with Gasteiger partial charge in [-0.3, -0.25) is 4.98 Å². The molecule has 0 amide bonds. The molecule has 2 heteroatoms. The van der Waals surface area contributed by atoms with Gasteiger partial charge in [0.2, 0.25) is 0 Å². The van der Waals surface area contributed by atoms with Gasteiger partial charge in [-0.15, -0.1) is 0 Å². The van der Waals surface area contributed by atoms with Crippen molar-refractivity contribution >= 4 is 22.0 Å². The fraction of sp³-hybridized carbons (Fsp3) is 0.300. The van der Waals surface area contributed by atoms with Crippen molar-refractivity contribution in [2.24, 2.45) is 0 Å². The lowest BCUT2D eigenvalue weighted by molar-refractivity contribution is 1.11. The van der Waals surface area contributed by atoms with Crippen LogP contribution in [-0.2, 0) is 0 Å². The summed E-state index contributed by atoms with van der Waals surface area (Å²) in [6.07, 6.45) is 3.91. The average molecular weight is 226 g/mol. The van der Waals surface area contributed by atoms with Crippen molar-refractivity contribution in [3.63, 3.8) is 0 Å². The van der Waals surface area contributed by atoms with Crippen molar-refractivity contribution in [3.05, 3.63) is 33.6 Å². The van der Waals surface area contributed by atoms with E-state index in [1.807, 2.05) is 24.2 Å². The van der Waals surface area contributed by atoms with Crippen LogP contribution < -0.4 is 0 Å². The van der Waals surface area contributed by atoms with E-state index in [4.69, 9.17) is 0 Å². The maximum atomic E-state index is 4.29. The average Bonchev–Trinajstić information content (AvgIpc) is 2.07. The molecule has 0 radical (unpaired) electrons. The third-order valence-corrected chi connectivity index (χ3v) is 2.44. The van der Waals surface area contributed by atoms with Crippen LogP contribution in [-0.4, -0.2) is 4.98 Å². The van der Waals surface area contributed by atoms with E-state index in [-0.39, 0.29) is 0 Å². The SMILES string of the molecule is Cc1ncc(/C=C/Br)c(C)c1C. The van der Waals surface area contributed by atoms with Gasteiger partial charge in [0.1, 0.15) is 0 Å². The van der Waals surface area contributed by atoms with Gasteiger partial charge in [0.25, 0.3) is 0 Å². The number of hydrogen-bond acceptors (Lipinski definition) is 1. The van der Waals surface area contributed by atoms with E-state index in [1.54, 1.807) is 0 Å². The second-order valence-corrected chi connectivity index (χ2v) is 3.37. The highest BCUT2D eigenvalue weighted by molar-refractivity contribution is 9.11. The number of pyridine rings is 1. The quantitative estimate of drug-likeness (QED) is 0.715. The van der Waals surface area contributed by atoms with Gasteiger partial charge in [0.05, 0.1) is 0 Å². The normalized spacial score (nSPS) is 11.0. The van der Waals surface area contributed by atoms with Gasteiger partial charge in [-0.05, 0) is 48.5 Å². The number of rotatable bonds is 1. The predicted molar refractivity (Wildman–Crippen MR) is 56.4 cm³/mol. The first-order chi connectivity index (χ1) is 5.66. The summed E-state index contributed by atoms with van der Waals surface area (Å²) in [5.41, 5.74) is 4.87. The third kappa shape index (κ3) is 1.75. The summed E-state index contributed by atoms with van der Waals surface area (Å²) < 4.78 is 0. The summed E-state index contributed by atoms with van der Waals surface area (Å²) in [5.74, 6) is 0. The molecule has 0 aliphatic carbocycles. The Kier molecular flexibility index (Phi) is 3.04. The van der Waals surface area contributed by atoms with E-state index in [0.717, 1.165) is 5.69 Å². The Morgan fingerprint density at radius 1 is 1.25 bits per heavy atom. The number of halogens is 1. The molecule has 1 aromatic heterocycles. The summed E-state index contributed by atoms with van der Waals surface area (Å²) in [6, 6.07) is 0. The second kappa shape index (κ2) is 3.85. The van der Waals surface area contributed by atoms with Gasteiger partial charge in [-0.1, -0.05) is 15.9 Å². The zero-order valence-corrected chi connectivity index (χ0v) is 9.14. The summed E-state index contributed by atoms with van der Waals surface area (Å²) in [4.78, 5) is 6.14. The molecule has 0 saturated heterocycles. The molecular formula is C10H12BrN. The Balaban J connectivity index is 3.26. The lowest BCUT2D eigenvalue weighted by Gasteiger charge is -2.06. The lowest BCUT2D eigenvalue weighted by Crippen LogP contribution is -1.93. The molecule has 0 spiro atoms. The number of aryl methyl sites for hydroxylation is 1. The van der Waals surface area contributed by atoms with E-state index in [1.165, 1.54) is 16.7 Å². The molecule has 0 aromatic carbocycles. The Bertz CT molecular complexity index is 316. The molecular weight excluding hydrogens is 214 g/mol. The Morgan fingerprint density at radius 2 is 1.92 bits per heavy atom. The maximum absolute atomic E-state index is 4.29. The molecule has 0 bridgehead atoms. The van der Waals surface area contributed by atoms with E-state index < -0.39 is 0 Å². The van der Waals surface area contributed by atoms with Crippen molar-refractivity contribution in [1.29, 1.82) is 0 Å². The van der Waals surface area contributed by atoms with Crippen LogP contribution in [0.3, 0.4) is 0 Å². The first-order valence-corrected chi connectivity index (χ1v) is 4.78. The summed E-state index contributed by atoms with van der Waals surface area (Å²) in [5, 5.41) is 0. The van der Waals surface area contributed by atoms with E-state index >= 15 is 0 Å². The van der Waals surface area contributed by atoms with Crippen LogP contribution in [0, 0.1) is 20.8 Å². The molecule has 0 unspecified atom stereocenters. The van der Waals surface area contributed by atoms with Crippen molar-refractivity contribution in [2.75, 3.05) is 0 Å². The van der Waals surface area contributed by atoms with Crippen molar-refractivity contribution < 1.29 is 0 Å². The topological polar surface area (TPSA) is 12.9 Å². The van der Waals surface area contributed by atoms with E-state index in [2.05, 4.69) is 34.8 Å². The molecule has 0 aliphatic rings. The standard InChI is InChI=1S/C10H12BrN/c1-7-8(2)10(4-5-11)6-12-9(7)3/h4-6H,1-3H3/b5-4+. The third-order valence-electron chi connectivity index (χ3n) is 2.18.